The fourth-order valence-electron chi connectivity index (χ4n) is 1.84. The maximum absolute atomic E-state index is 12.3. The number of amides is 1. The lowest BCUT2D eigenvalue weighted by Crippen LogP contribution is -2.27. The van der Waals surface area contributed by atoms with Crippen molar-refractivity contribution < 1.29 is 4.79 Å². The van der Waals surface area contributed by atoms with Crippen LogP contribution in [0.5, 0.6) is 0 Å². The van der Waals surface area contributed by atoms with E-state index in [4.69, 9.17) is 0 Å². The standard InChI is InChI=1S/C15H16BrN3O/c1-17-14-9-5-8-13(18-14)15(20)19(2)10-11-6-3-4-7-12(11)16/h3-9H,10H2,1-2H3,(H,17,18). The summed E-state index contributed by atoms with van der Waals surface area (Å²) < 4.78 is 0.997. The molecule has 0 aliphatic carbocycles. The summed E-state index contributed by atoms with van der Waals surface area (Å²) >= 11 is 3.49. The van der Waals surface area contributed by atoms with Gasteiger partial charge in [0.25, 0.3) is 5.91 Å². The Morgan fingerprint density at radius 1 is 1.25 bits per heavy atom. The van der Waals surface area contributed by atoms with Gasteiger partial charge in [-0.15, -0.1) is 0 Å². The van der Waals surface area contributed by atoms with Crippen molar-refractivity contribution in [3.05, 3.63) is 58.2 Å². The molecule has 0 unspecified atom stereocenters. The van der Waals surface area contributed by atoms with Gasteiger partial charge in [-0.25, -0.2) is 4.98 Å². The van der Waals surface area contributed by atoms with Gasteiger partial charge in [-0.2, -0.15) is 0 Å². The van der Waals surface area contributed by atoms with E-state index in [1.165, 1.54) is 0 Å². The van der Waals surface area contributed by atoms with Crippen LogP contribution in [0.4, 0.5) is 5.82 Å². The van der Waals surface area contributed by atoms with Crippen LogP contribution in [-0.4, -0.2) is 29.9 Å². The quantitative estimate of drug-likeness (QED) is 0.934. The van der Waals surface area contributed by atoms with E-state index < -0.39 is 0 Å². The van der Waals surface area contributed by atoms with Crippen molar-refractivity contribution in [1.29, 1.82) is 0 Å². The van der Waals surface area contributed by atoms with Gasteiger partial charge in [0.15, 0.2) is 0 Å². The number of rotatable bonds is 4. The van der Waals surface area contributed by atoms with Crippen LogP contribution in [0.25, 0.3) is 0 Å². The van der Waals surface area contributed by atoms with Crippen LogP contribution in [0, 0.1) is 0 Å². The molecule has 20 heavy (non-hydrogen) atoms. The van der Waals surface area contributed by atoms with Gasteiger partial charge in [0, 0.05) is 25.1 Å². The van der Waals surface area contributed by atoms with Gasteiger partial charge in [-0.1, -0.05) is 40.2 Å². The zero-order chi connectivity index (χ0) is 14.5. The lowest BCUT2D eigenvalue weighted by molar-refractivity contribution is 0.0779. The number of aromatic nitrogens is 1. The number of halogens is 1. The van der Waals surface area contributed by atoms with Crippen LogP contribution in [0.1, 0.15) is 16.1 Å². The Balaban J connectivity index is 2.14. The molecule has 0 saturated carbocycles. The molecule has 1 N–H and O–H groups in total. The molecule has 5 heteroatoms. The molecular weight excluding hydrogens is 318 g/mol. The number of hydrogen-bond donors (Lipinski definition) is 1. The Labute approximate surface area is 127 Å². The Kier molecular flexibility index (Phi) is 4.74. The normalized spacial score (nSPS) is 10.2. The molecule has 4 nitrogen and oxygen atoms in total. The lowest BCUT2D eigenvalue weighted by Gasteiger charge is -2.18. The SMILES string of the molecule is CNc1cccc(C(=O)N(C)Cc2ccccc2Br)n1. The Morgan fingerprint density at radius 3 is 2.70 bits per heavy atom. The van der Waals surface area contributed by atoms with Crippen molar-refractivity contribution in [2.24, 2.45) is 0 Å². The second-order valence-corrected chi connectivity index (χ2v) is 5.27. The van der Waals surface area contributed by atoms with E-state index >= 15 is 0 Å². The fourth-order valence-corrected chi connectivity index (χ4v) is 2.25. The maximum atomic E-state index is 12.3. The molecule has 1 aromatic heterocycles. The van der Waals surface area contributed by atoms with E-state index in [1.54, 1.807) is 25.1 Å². The van der Waals surface area contributed by atoms with Gasteiger partial charge in [-0.3, -0.25) is 4.79 Å². The van der Waals surface area contributed by atoms with Gasteiger partial charge in [-0.05, 0) is 23.8 Å². The number of hydrogen-bond acceptors (Lipinski definition) is 3. The highest BCUT2D eigenvalue weighted by Crippen LogP contribution is 2.18. The maximum Gasteiger partial charge on any atom is 0.272 e. The molecule has 1 aromatic carbocycles. The average molecular weight is 334 g/mol. The first kappa shape index (κ1) is 14.5. The Hall–Kier alpha value is -1.88. The minimum Gasteiger partial charge on any atom is -0.373 e. The largest absolute Gasteiger partial charge is 0.373 e. The van der Waals surface area contributed by atoms with E-state index in [9.17, 15) is 4.79 Å². The summed E-state index contributed by atoms with van der Waals surface area (Å²) in [5.74, 6) is 0.586. The third kappa shape index (κ3) is 3.36. The molecule has 0 aliphatic heterocycles. The van der Waals surface area contributed by atoms with Crippen LogP contribution < -0.4 is 5.32 Å². The summed E-state index contributed by atoms with van der Waals surface area (Å²) in [5, 5.41) is 2.93. The first-order valence-corrected chi connectivity index (χ1v) is 7.05. The highest BCUT2D eigenvalue weighted by atomic mass is 79.9. The van der Waals surface area contributed by atoms with E-state index in [-0.39, 0.29) is 5.91 Å². The molecule has 104 valence electrons. The molecule has 0 fully saturated rings. The van der Waals surface area contributed by atoms with Gasteiger partial charge in [0.1, 0.15) is 11.5 Å². The van der Waals surface area contributed by atoms with E-state index in [0.29, 0.717) is 18.1 Å². The summed E-state index contributed by atoms with van der Waals surface area (Å²) in [4.78, 5) is 18.3. The number of pyridine rings is 1. The summed E-state index contributed by atoms with van der Waals surface area (Å²) in [6, 6.07) is 13.2. The highest BCUT2D eigenvalue weighted by molar-refractivity contribution is 9.10. The molecule has 0 atom stereocenters. The van der Waals surface area contributed by atoms with E-state index in [0.717, 1.165) is 10.0 Å². The minimum absolute atomic E-state index is 0.0992. The van der Waals surface area contributed by atoms with E-state index in [1.807, 2.05) is 36.4 Å². The van der Waals surface area contributed by atoms with Crippen LogP contribution in [0.2, 0.25) is 0 Å². The van der Waals surface area contributed by atoms with E-state index in [2.05, 4.69) is 26.2 Å². The molecule has 1 amide bonds. The number of nitrogens with zero attached hydrogens (tertiary/aromatic N) is 2. The molecule has 2 aromatic rings. The van der Waals surface area contributed by atoms with Crippen LogP contribution in [0.15, 0.2) is 46.9 Å². The fraction of sp³-hybridized carbons (Fsp3) is 0.200. The van der Waals surface area contributed by atoms with Crippen LogP contribution >= 0.6 is 15.9 Å². The molecular formula is C15H16BrN3O. The number of nitrogens with one attached hydrogen (secondary N) is 1. The first-order valence-electron chi connectivity index (χ1n) is 6.25. The predicted molar refractivity (Wildman–Crippen MR) is 83.7 cm³/mol. The third-order valence-electron chi connectivity index (χ3n) is 2.94. The van der Waals surface area contributed by atoms with Crippen molar-refractivity contribution in [3.8, 4) is 0 Å². The summed E-state index contributed by atoms with van der Waals surface area (Å²) in [6.07, 6.45) is 0. The third-order valence-corrected chi connectivity index (χ3v) is 3.71. The van der Waals surface area contributed by atoms with Crippen molar-refractivity contribution in [1.82, 2.24) is 9.88 Å². The lowest BCUT2D eigenvalue weighted by atomic mass is 10.2. The highest BCUT2D eigenvalue weighted by Gasteiger charge is 2.14. The molecule has 1 heterocycles. The number of carbonyl (C=O) groups excluding carboxylic acids is 1. The van der Waals surface area contributed by atoms with Gasteiger partial charge < -0.3 is 10.2 Å². The van der Waals surface area contributed by atoms with Crippen molar-refractivity contribution in [2.75, 3.05) is 19.4 Å². The molecule has 0 spiro atoms. The van der Waals surface area contributed by atoms with Crippen molar-refractivity contribution >= 4 is 27.7 Å². The molecule has 2 rings (SSSR count). The van der Waals surface area contributed by atoms with Crippen LogP contribution in [-0.2, 0) is 6.54 Å². The smallest absolute Gasteiger partial charge is 0.272 e. The average Bonchev–Trinajstić information content (AvgIpc) is 2.48. The molecule has 0 bridgehead atoms. The second-order valence-electron chi connectivity index (χ2n) is 4.41. The summed E-state index contributed by atoms with van der Waals surface area (Å²) in [7, 11) is 3.55. The Morgan fingerprint density at radius 2 is 2.00 bits per heavy atom. The topological polar surface area (TPSA) is 45.2 Å². The van der Waals surface area contributed by atoms with Crippen molar-refractivity contribution in [3.63, 3.8) is 0 Å². The zero-order valence-electron chi connectivity index (χ0n) is 11.4. The second kappa shape index (κ2) is 6.52. The van der Waals surface area contributed by atoms with Crippen LogP contribution in [0.3, 0.4) is 0 Å². The number of anilines is 1. The minimum atomic E-state index is -0.0992. The zero-order valence-corrected chi connectivity index (χ0v) is 13.0. The molecule has 0 saturated heterocycles. The molecule has 0 aliphatic rings. The Bertz CT molecular complexity index is 616. The van der Waals surface area contributed by atoms with Gasteiger partial charge in [0.05, 0.1) is 0 Å². The van der Waals surface area contributed by atoms with Gasteiger partial charge in [0.2, 0.25) is 0 Å². The summed E-state index contributed by atoms with van der Waals surface area (Å²) in [5.41, 5.74) is 1.50. The van der Waals surface area contributed by atoms with Gasteiger partial charge >= 0.3 is 0 Å². The first-order chi connectivity index (χ1) is 9.61. The predicted octanol–water partition coefficient (Wildman–Crippen LogP) is 3.16. The summed E-state index contributed by atoms with van der Waals surface area (Å²) in [6.45, 7) is 0.533. The monoisotopic (exact) mass is 333 g/mol. The number of carbonyl (C=O) groups is 1. The molecule has 0 radical (unpaired) electrons. The number of benzene rings is 1. The van der Waals surface area contributed by atoms with Crippen molar-refractivity contribution in [2.45, 2.75) is 6.54 Å².